The predicted octanol–water partition coefficient (Wildman–Crippen LogP) is 1.52. The molecule has 0 atom stereocenters. The summed E-state index contributed by atoms with van der Waals surface area (Å²) >= 11 is 0. The van der Waals surface area contributed by atoms with Gasteiger partial charge in [-0.1, -0.05) is 19.8 Å². The van der Waals surface area contributed by atoms with Gasteiger partial charge in [-0.05, 0) is 6.42 Å². The fourth-order valence-electron chi connectivity index (χ4n) is 1.21. The summed E-state index contributed by atoms with van der Waals surface area (Å²) in [5, 5.41) is 6.01. The Morgan fingerprint density at radius 2 is 1.88 bits per heavy atom. The number of rotatable bonds is 7. The zero-order valence-electron chi connectivity index (χ0n) is 10.1. The molecule has 2 N–H and O–H groups in total. The molecule has 0 saturated heterocycles. The van der Waals surface area contributed by atoms with Crippen LogP contribution >= 0.6 is 0 Å². The highest BCUT2D eigenvalue weighted by Gasteiger charge is 2.04. The topological polar surface area (TPSA) is 72.0 Å². The molecular weight excluding hydrogens is 206 g/mol. The Morgan fingerprint density at radius 3 is 2.50 bits per heavy atom. The van der Waals surface area contributed by atoms with Crippen LogP contribution in [-0.2, 0) is 0 Å². The second-order valence-corrected chi connectivity index (χ2v) is 3.35. The number of aromatic nitrogens is 3. The summed E-state index contributed by atoms with van der Waals surface area (Å²) in [7, 11) is 3.30. The average Bonchev–Trinajstić information content (AvgIpc) is 2.34. The summed E-state index contributed by atoms with van der Waals surface area (Å²) in [6, 6.07) is 0.317. The van der Waals surface area contributed by atoms with Crippen molar-refractivity contribution in [2.24, 2.45) is 0 Å². The maximum absolute atomic E-state index is 4.98. The van der Waals surface area contributed by atoms with E-state index < -0.39 is 0 Å². The Hall–Kier alpha value is -1.59. The Kier molecular flexibility index (Phi) is 5.31. The molecule has 90 valence electrons. The van der Waals surface area contributed by atoms with Crippen LogP contribution in [-0.4, -0.2) is 35.7 Å². The number of nitrogens with one attached hydrogen (secondary N) is 2. The summed E-state index contributed by atoms with van der Waals surface area (Å²) in [5.41, 5.74) is 0. The largest absolute Gasteiger partial charge is 0.467 e. The molecule has 6 nitrogen and oxygen atoms in total. The second kappa shape index (κ2) is 6.81. The van der Waals surface area contributed by atoms with Crippen LogP contribution in [0, 0.1) is 0 Å². The highest BCUT2D eigenvalue weighted by molar-refractivity contribution is 5.35. The molecule has 1 rings (SSSR count). The summed E-state index contributed by atoms with van der Waals surface area (Å²) in [6.45, 7) is 3.04. The molecule has 0 unspecified atom stereocenters. The molecule has 0 bridgehead atoms. The Labute approximate surface area is 95.9 Å². The van der Waals surface area contributed by atoms with Crippen molar-refractivity contribution in [3.63, 3.8) is 0 Å². The first kappa shape index (κ1) is 12.5. The van der Waals surface area contributed by atoms with Crippen LogP contribution in [0.3, 0.4) is 0 Å². The maximum Gasteiger partial charge on any atom is 0.322 e. The number of nitrogens with zero attached hydrogens (tertiary/aromatic N) is 3. The fraction of sp³-hybridized carbons (Fsp3) is 0.700. The summed E-state index contributed by atoms with van der Waals surface area (Å²) < 4.78 is 4.98. The van der Waals surface area contributed by atoms with Gasteiger partial charge in [-0.2, -0.15) is 15.0 Å². The molecule has 0 aliphatic heterocycles. The number of methoxy groups -OCH3 is 1. The third kappa shape index (κ3) is 3.88. The van der Waals surface area contributed by atoms with Crippen molar-refractivity contribution < 1.29 is 4.74 Å². The average molecular weight is 225 g/mol. The first-order valence-corrected chi connectivity index (χ1v) is 5.51. The van der Waals surface area contributed by atoms with Gasteiger partial charge in [-0.15, -0.1) is 0 Å². The molecular formula is C10H19N5O. The minimum absolute atomic E-state index is 0.317. The van der Waals surface area contributed by atoms with E-state index in [1.807, 2.05) is 0 Å². The van der Waals surface area contributed by atoms with Gasteiger partial charge in [0.25, 0.3) is 0 Å². The molecule has 1 aromatic heterocycles. The van der Waals surface area contributed by atoms with Gasteiger partial charge in [0.05, 0.1) is 7.11 Å². The first-order chi connectivity index (χ1) is 7.80. The number of unbranched alkanes of at least 4 members (excludes halogenated alkanes) is 2. The second-order valence-electron chi connectivity index (χ2n) is 3.35. The summed E-state index contributed by atoms with van der Waals surface area (Å²) in [5.74, 6) is 1.05. The molecule has 16 heavy (non-hydrogen) atoms. The van der Waals surface area contributed by atoms with E-state index in [0.29, 0.717) is 17.9 Å². The molecule has 0 aromatic carbocycles. The van der Waals surface area contributed by atoms with Crippen molar-refractivity contribution in [2.45, 2.75) is 26.2 Å². The quantitative estimate of drug-likeness (QED) is 0.686. The zero-order valence-corrected chi connectivity index (χ0v) is 10.1. The van der Waals surface area contributed by atoms with Gasteiger partial charge in [-0.3, -0.25) is 0 Å². The van der Waals surface area contributed by atoms with E-state index >= 15 is 0 Å². The van der Waals surface area contributed by atoms with Gasteiger partial charge in [0.15, 0.2) is 0 Å². The molecule has 0 fully saturated rings. The molecule has 6 heteroatoms. The lowest BCUT2D eigenvalue weighted by atomic mass is 10.2. The van der Waals surface area contributed by atoms with Crippen molar-refractivity contribution in [3.8, 4) is 6.01 Å². The fourth-order valence-corrected chi connectivity index (χ4v) is 1.21. The highest BCUT2D eigenvalue weighted by Crippen LogP contribution is 2.10. The van der Waals surface area contributed by atoms with Gasteiger partial charge >= 0.3 is 6.01 Å². The smallest absolute Gasteiger partial charge is 0.322 e. The molecule has 0 aliphatic carbocycles. The minimum Gasteiger partial charge on any atom is -0.467 e. The van der Waals surface area contributed by atoms with Crippen LogP contribution in [0.4, 0.5) is 11.9 Å². The predicted molar refractivity (Wildman–Crippen MR) is 63.9 cm³/mol. The molecule has 0 saturated carbocycles. The lowest BCUT2D eigenvalue weighted by Crippen LogP contribution is -2.09. The lowest BCUT2D eigenvalue weighted by Gasteiger charge is -2.07. The van der Waals surface area contributed by atoms with E-state index in [1.54, 1.807) is 7.05 Å². The van der Waals surface area contributed by atoms with Gasteiger partial charge in [0, 0.05) is 13.6 Å². The minimum atomic E-state index is 0.317. The third-order valence-electron chi connectivity index (χ3n) is 2.08. The number of hydrogen-bond donors (Lipinski definition) is 2. The highest BCUT2D eigenvalue weighted by atomic mass is 16.5. The molecule has 0 spiro atoms. The molecule has 0 radical (unpaired) electrons. The van der Waals surface area contributed by atoms with Crippen molar-refractivity contribution in [1.82, 2.24) is 15.0 Å². The van der Waals surface area contributed by atoms with Gasteiger partial charge < -0.3 is 15.4 Å². The maximum atomic E-state index is 4.98. The van der Waals surface area contributed by atoms with Crippen LogP contribution in [0.15, 0.2) is 0 Å². The normalized spacial score (nSPS) is 9.94. The van der Waals surface area contributed by atoms with Crippen molar-refractivity contribution in [3.05, 3.63) is 0 Å². The summed E-state index contributed by atoms with van der Waals surface area (Å²) in [6.07, 6.45) is 3.51. The molecule has 0 amide bonds. The van der Waals surface area contributed by atoms with E-state index in [4.69, 9.17) is 4.74 Å². The van der Waals surface area contributed by atoms with Gasteiger partial charge in [-0.25, -0.2) is 0 Å². The van der Waals surface area contributed by atoms with E-state index in [-0.39, 0.29) is 0 Å². The zero-order chi connectivity index (χ0) is 11.8. The van der Waals surface area contributed by atoms with Crippen LogP contribution in [0.2, 0.25) is 0 Å². The van der Waals surface area contributed by atoms with Crippen molar-refractivity contribution >= 4 is 11.9 Å². The summed E-state index contributed by atoms with van der Waals surface area (Å²) in [4.78, 5) is 12.3. The Bertz CT molecular complexity index is 296. The molecule has 0 aliphatic rings. The van der Waals surface area contributed by atoms with Crippen LogP contribution in [0.1, 0.15) is 26.2 Å². The van der Waals surface area contributed by atoms with Crippen molar-refractivity contribution in [2.75, 3.05) is 31.3 Å². The molecule has 1 heterocycles. The number of anilines is 2. The van der Waals surface area contributed by atoms with Crippen molar-refractivity contribution in [1.29, 1.82) is 0 Å². The Morgan fingerprint density at radius 1 is 1.12 bits per heavy atom. The lowest BCUT2D eigenvalue weighted by molar-refractivity contribution is 0.379. The number of hydrogen-bond acceptors (Lipinski definition) is 6. The van der Waals surface area contributed by atoms with Gasteiger partial charge in [0.1, 0.15) is 0 Å². The van der Waals surface area contributed by atoms with E-state index in [0.717, 1.165) is 13.0 Å². The number of ether oxygens (including phenoxy) is 1. The SMILES string of the molecule is CCCCCNc1nc(NC)nc(OC)n1. The van der Waals surface area contributed by atoms with Gasteiger partial charge in [0.2, 0.25) is 11.9 Å². The molecule has 1 aromatic rings. The van der Waals surface area contributed by atoms with Crippen LogP contribution < -0.4 is 15.4 Å². The first-order valence-electron chi connectivity index (χ1n) is 5.51. The standard InChI is InChI=1S/C10H19N5O/c1-4-5-6-7-12-9-13-8(11-2)14-10(15-9)16-3/h4-7H2,1-3H3,(H2,11,12,13,14,15). The van der Waals surface area contributed by atoms with Crippen LogP contribution in [0.25, 0.3) is 0 Å². The van der Waals surface area contributed by atoms with Crippen LogP contribution in [0.5, 0.6) is 6.01 Å². The van der Waals surface area contributed by atoms with E-state index in [2.05, 4.69) is 32.5 Å². The Balaban J connectivity index is 2.57. The third-order valence-corrected chi connectivity index (χ3v) is 2.08. The van der Waals surface area contributed by atoms with E-state index in [9.17, 15) is 0 Å². The van der Waals surface area contributed by atoms with E-state index in [1.165, 1.54) is 20.0 Å². The monoisotopic (exact) mass is 225 g/mol.